The molecule has 0 aliphatic carbocycles. The molecule has 10 heteroatoms. The van der Waals surface area contributed by atoms with Crippen LogP contribution in [-0.2, 0) is 14.4 Å². The molecule has 136 valence electrons. The van der Waals surface area contributed by atoms with Gasteiger partial charge in [0.25, 0.3) is 5.91 Å². The van der Waals surface area contributed by atoms with Gasteiger partial charge in [-0.3, -0.25) is 30.0 Å². The number of hydrazine groups is 1. The molecule has 25 heavy (non-hydrogen) atoms. The van der Waals surface area contributed by atoms with Gasteiger partial charge in [0, 0.05) is 56.6 Å². The number of H-pyrrole nitrogens is 1. The van der Waals surface area contributed by atoms with Crippen molar-refractivity contribution in [2.45, 2.75) is 19.8 Å². The van der Waals surface area contributed by atoms with Crippen LogP contribution in [0.1, 0.15) is 30.3 Å². The molecule has 4 amide bonds. The average Bonchev–Trinajstić information content (AvgIpc) is 3.04. The Morgan fingerprint density at radius 1 is 1.08 bits per heavy atom. The number of carbonyl (C=O) groups is 4. The Kier molecular flexibility index (Phi) is 6.57. The zero-order chi connectivity index (χ0) is 18.4. The fraction of sp³-hybridized carbons (Fsp3) is 0.467. The lowest BCUT2D eigenvalue weighted by Crippen LogP contribution is -2.50. The van der Waals surface area contributed by atoms with Crippen molar-refractivity contribution in [2.75, 3.05) is 26.2 Å². The van der Waals surface area contributed by atoms with Gasteiger partial charge in [0.1, 0.15) is 5.69 Å². The highest BCUT2D eigenvalue weighted by molar-refractivity contribution is 9.10. The van der Waals surface area contributed by atoms with Crippen molar-refractivity contribution in [3.63, 3.8) is 0 Å². The van der Waals surface area contributed by atoms with Crippen molar-refractivity contribution in [1.29, 1.82) is 0 Å². The standard InChI is InChI=1S/C15H20BrN5O4/c1-10(22)20-4-6-21(7-5-20)14(24)3-2-13(23)18-19-15(25)12-8-11(16)9-17-12/h8-9,17H,2-7H2,1H3,(H,18,23)(H,19,25). The quantitative estimate of drug-likeness (QED) is 0.602. The first kappa shape index (κ1) is 19.0. The van der Waals surface area contributed by atoms with Crippen LogP contribution in [0, 0.1) is 0 Å². The van der Waals surface area contributed by atoms with Crippen molar-refractivity contribution in [3.05, 3.63) is 22.4 Å². The molecule has 0 bridgehead atoms. The van der Waals surface area contributed by atoms with Crippen molar-refractivity contribution in [2.24, 2.45) is 0 Å². The normalized spacial score (nSPS) is 14.2. The van der Waals surface area contributed by atoms with Crippen LogP contribution in [0.4, 0.5) is 0 Å². The maximum absolute atomic E-state index is 12.1. The molecular formula is C15H20BrN5O4. The highest BCUT2D eigenvalue weighted by Gasteiger charge is 2.22. The predicted molar refractivity (Wildman–Crippen MR) is 92.2 cm³/mol. The zero-order valence-electron chi connectivity index (χ0n) is 13.8. The van der Waals surface area contributed by atoms with Crippen LogP contribution in [0.2, 0.25) is 0 Å². The molecule has 0 aromatic carbocycles. The molecule has 3 N–H and O–H groups in total. The number of piperazine rings is 1. The van der Waals surface area contributed by atoms with Crippen molar-refractivity contribution in [3.8, 4) is 0 Å². The minimum atomic E-state index is -0.481. The molecule has 1 aromatic heterocycles. The fourth-order valence-electron chi connectivity index (χ4n) is 2.40. The molecule has 0 unspecified atom stereocenters. The highest BCUT2D eigenvalue weighted by Crippen LogP contribution is 2.10. The number of hydrogen-bond donors (Lipinski definition) is 3. The number of aromatic amines is 1. The van der Waals surface area contributed by atoms with Gasteiger partial charge in [0.05, 0.1) is 0 Å². The monoisotopic (exact) mass is 413 g/mol. The number of nitrogens with one attached hydrogen (secondary N) is 3. The first-order chi connectivity index (χ1) is 11.9. The van der Waals surface area contributed by atoms with E-state index in [0.29, 0.717) is 31.9 Å². The molecule has 1 aliphatic rings. The number of nitrogens with zero attached hydrogens (tertiary/aromatic N) is 2. The van der Waals surface area contributed by atoms with Gasteiger partial charge in [-0.25, -0.2) is 0 Å². The van der Waals surface area contributed by atoms with E-state index in [-0.39, 0.29) is 24.7 Å². The van der Waals surface area contributed by atoms with E-state index < -0.39 is 11.8 Å². The van der Waals surface area contributed by atoms with Crippen LogP contribution in [0.25, 0.3) is 0 Å². The van der Waals surface area contributed by atoms with E-state index in [9.17, 15) is 19.2 Å². The van der Waals surface area contributed by atoms with Gasteiger partial charge >= 0.3 is 0 Å². The Morgan fingerprint density at radius 2 is 1.72 bits per heavy atom. The number of halogens is 1. The van der Waals surface area contributed by atoms with Gasteiger partial charge in [-0.15, -0.1) is 0 Å². The summed E-state index contributed by atoms with van der Waals surface area (Å²) in [7, 11) is 0. The molecule has 2 heterocycles. The predicted octanol–water partition coefficient (Wildman–Crippen LogP) is 0.00910. The van der Waals surface area contributed by atoms with Crippen LogP contribution in [0.15, 0.2) is 16.7 Å². The second-order valence-corrected chi connectivity index (χ2v) is 6.54. The lowest BCUT2D eigenvalue weighted by atomic mass is 10.2. The first-order valence-corrected chi connectivity index (χ1v) is 8.62. The zero-order valence-corrected chi connectivity index (χ0v) is 15.4. The summed E-state index contributed by atoms with van der Waals surface area (Å²) < 4.78 is 0.722. The second-order valence-electron chi connectivity index (χ2n) is 5.62. The van der Waals surface area contributed by atoms with E-state index >= 15 is 0 Å². The summed E-state index contributed by atoms with van der Waals surface area (Å²) in [5.74, 6) is -1.07. The third-order valence-corrected chi connectivity index (χ3v) is 4.31. The molecular weight excluding hydrogens is 394 g/mol. The van der Waals surface area contributed by atoms with E-state index in [0.717, 1.165) is 4.47 Å². The van der Waals surface area contributed by atoms with Crippen LogP contribution in [0.3, 0.4) is 0 Å². The molecule has 1 saturated heterocycles. The minimum Gasteiger partial charge on any atom is -0.356 e. The molecule has 1 aromatic rings. The summed E-state index contributed by atoms with van der Waals surface area (Å²) in [6, 6.07) is 1.58. The first-order valence-electron chi connectivity index (χ1n) is 7.83. The van der Waals surface area contributed by atoms with E-state index in [2.05, 4.69) is 31.8 Å². The Labute approximate surface area is 153 Å². The van der Waals surface area contributed by atoms with Crippen LogP contribution in [0.5, 0.6) is 0 Å². The summed E-state index contributed by atoms with van der Waals surface area (Å²) in [5.41, 5.74) is 4.84. The largest absolute Gasteiger partial charge is 0.356 e. The van der Waals surface area contributed by atoms with E-state index in [1.165, 1.54) is 6.92 Å². The summed E-state index contributed by atoms with van der Waals surface area (Å²) >= 11 is 3.21. The number of rotatable bonds is 4. The maximum atomic E-state index is 12.1. The van der Waals surface area contributed by atoms with Crippen molar-refractivity contribution in [1.82, 2.24) is 25.6 Å². The highest BCUT2D eigenvalue weighted by atomic mass is 79.9. The summed E-state index contributed by atoms with van der Waals surface area (Å²) in [5, 5.41) is 0. The van der Waals surface area contributed by atoms with Gasteiger partial charge in [-0.2, -0.15) is 0 Å². The number of carbonyl (C=O) groups excluding carboxylic acids is 4. The minimum absolute atomic E-state index is 0.00341. The molecule has 1 aliphatic heterocycles. The van der Waals surface area contributed by atoms with Crippen LogP contribution in [-0.4, -0.2) is 64.6 Å². The SMILES string of the molecule is CC(=O)N1CCN(C(=O)CCC(=O)NNC(=O)c2cc(Br)c[nH]2)CC1. The molecule has 1 fully saturated rings. The maximum Gasteiger partial charge on any atom is 0.286 e. The lowest BCUT2D eigenvalue weighted by molar-refractivity contribution is -0.139. The average molecular weight is 414 g/mol. The van der Waals surface area contributed by atoms with Crippen molar-refractivity contribution < 1.29 is 19.2 Å². The number of hydrogen-bond acceptors (Lipinski definition) is 4. The number of aromatic nitrogens is 1. The van der Waals surface area contributed by atoms with Gasteiger partial charge in [-0.05, 0) is 22.0 Å². The summed E-state index contributed by atoms with van der Waals surface area (Å²) in [6.07, 6.45) is 1.62. The molecule has 0 spiro atoms. The smallest absolute Gasteiger partial charge is 0.286 e. The third-order valence-electron chi connectivity index (χ3n) is 3.85. The fourth-order valence-corrected chi connectivity index (χ4v) is 2.75. The Morgan fingerprint density at radius 3 is 2.28 bits per heavy atom. The summed E-state index contributed by atoms with van der Waals surface area (Å²) in [6.45, 7) is 3.46. The van der Waals surface area contributed by atoms with E-state index in [1.807, 2.05) is 0 Å². The molecule has 0 atom stereocenters. The molecule has 9 nitrogen and oxygen atoms in total. The Balaban J connectivity index is 1.67. The van der Waals surface area contributed by atoms with Gasteiger partial charge < -0.3 is 14.8 Å². The molecule has 0 radical (unpaired) electrons. The van der Waals surface area contributed by atoms with Gasteiger partial charge in [0.15, 0.2) is 0 Å². The summed E-state index contributed by atoms with van der Waals surface area (Å²) in [4.78, 5) is 52.9. The number of amides is 4. The van der Waals surface area contributed by atoms with Gasteiger partial charge in [-0.1, -0.05) is 0 Å². The second kappa shape index (κ2) is 8.65. The lowest BCUT2D eigenvalue weighted by Gasteiger charge is -2.34. The third kappa shape index (κ3) is 5.59. The van der Waals surface area contributed by atoms with Gasteiger partial charge in [0.2, 0.25) is 17.7 Å². The Bertz CT molecular complexity index is 667. The molecule has 2 rings (SSSR count). The Hall–Kier alpha value is -2.36. The topological polar surface area (TPSA) is 115 Å². The van der Waals surface area contributed by atoms with Crippen LogP contribution < -0.4 is 10.9 Å². The van der Waals surface area contributed by atoms with E-state index in [1.54, 1.807) is 22.1 Å². The van der Waals surface area contributed by atoms with Crippen LogP contribution >= 0.6 is 15.9 Å². The molecule has 0 saturated carbocycles. The van der Waals surface area contributed by atoms with E-state index in [4.69, 9.17) is 0 Å². The van der Waals surface area contributed by atoms with Crippen molar-refractivity contribution >= 4 is 39.6 Å².